The summed E-state index contributed by atoms with van der Waals surface area (Å²) in [5.74, 6) is -2.16. The molecule has 178 valence electrons. The first-order valence-corrected chi connectivity index (χ1v) is 11.5. The number of hydrogen-bond acceptors (Lipinski definition) is 8. The highest BCUT2D eigenvalue weighted by Crippen LogP contribution is 2.32. The van der Waals surface area contributed by atoms with Crippen LogP contribution in [0.25, 0.3) is 27.8 Å². The zero-order valence-electron chi connectivity index (χ0n) is 18.2. The Labute approximate surface area is 197 Å². The van der Waals surface area contributed by atoms with E-state index in [1.807, 2.05) is 0 Å². The van der Waals surface area contributed by atoms with Crippen molar-refractivity contribution in [3.05, 3.63) is 66.5 Å². The lowest BCUT2D eigenvalue weighted by Crippen LogP contribution is -2.15. The summed E-state index contributed by atoms with van der Waals surface area (Å²) in [4.78, 5) is 7.83. The molecule has 0 aliphatic rings. The molecule has 0 atom stereocenters. The van der Waals surface area contributed by atoms with Crippen LogP contribution >= 0.6 is 0 Å². The molecule has 0 amide bonds. The van der Waals surface area contributed by atoms with Crippen molar-refractivity contribution in [1.29, 1.82) is 0 Å². The van der Waals surface area contributed by atoms with Crippen LogP contribution in [-0.2, 0) is 10.0 Å². The number of rotatable bonds is 6. The third kappa shape index (κ3) is 3.95. The number of pyridine rings is 1. The molecule has 10 nitrogen and oxygen atoms in total. The lowest BCUT2D eigenvalue weighted by molar-refractivity contribution is 0.377. The van der Waals surface area contributed by atoms with E-state index in [-0.39, 0.29) is 17.6 Å². The number of ether oxygens (including phenoxy) is 2. The van der Waals surface area contributed by atoms with Crippen molar-refractivity contribution in [3.8, 4) is 23.0 Å². The van der Waals surface area contributed by atoms with Crippen molar-refractivity contribution >= 4 is 32.4 Å². The van der Waals surface area contributed by atoms with Gasteiger partial charge in [0.15, 0.2) is 5.65 Å². The molecule has 1 N–H and O–H groups in total. The fourth-order valence-electron chi connectivity index (χ4n) is 3.58. The first-order valence-electron chi connectivity index (χ1n) is 10.0. The quantitative estimate of drug-likeness (QED) is 0.378. The molecular weight excluding hydrogens is 482 g/mol. The monoisotopic (exact) mass is 498 g/mol. The van der Waals surface area contributed by atoms with Gasteiger partial charge in [0, 0.05) is 17.8 Å². The molecule has 0 aliphatic carbocycles. The largest absolute Gasteiger partial charge is 0.480 e. The minimum atomic E-state index is -4.42. The molecule has 2 aromatic carbocycles. The first-order chi connectivity index (χ1) is 16.8. The van der Waals surface area contributed by atoms with Crippen molar-refractivity contribution < 1.29 is 26.7 Å². The van der Waals surface area contributed by atoms with E-state index in [4.69, 9.17) is 9.47 Å². The topological polar surface area (TPSA) is 121 Å². The van der Waals surface area contributed by atoms with Gasteiger partial charge in [0.1, 0.15) is 22.2 Å². The van der Waals surface area contributed by atoms with Crippen LogP contribution in [0, 0.1) is 11.6 Å². The molecule has 0 saturated carbocycles. The Balaban J connectivity index is 1.60. The smallest absolute Gasteiger partial charge is 0.321 e. The van der Waals surface area contributed by atoms with Gasteiger partial charge in [0.25, 0.3) is 10.0 Å². The SMILES string of the molecule is COc1ncc(-c2ccc3ncc4nnc(OC)n4c3c2)cc1NS(=O)(=O)c1ccc(F)cc1F. The average molecular weight is 498 g/mol. The third-order valence-corrected chi connectivity index (χ3v) is 6.58. The van der Waals surface area contributed by atoms with Gasteiger partial charge in [0.2, 0.25) is 5.88 Å². The number of aromatic nitrogens is 5. The van der Waals surface area contributed by atoms with E-state index in [0.29, 0.717) is 33.9 Å². The van der Waals surface area contributed by atoms with Crippen LogP contribution in [0.2, 0.25) is 0 Å². The van der Waals surface area contributed by atoms with Gasteiger partial charge in [-0.25, -0.2) is 26.6 Å². The molecule has 5 aromatic rings. The van der Waals surface area contributed by atoms with E-state index >= 15 is 0 Å². The maximum Gasteiger partial charge on any atom is 0.321 e. The molecule has 13 heteroatoms. The van der Waals surface area contributed by atoms with Gasteiger partial charge in [-0.15, -0.1) is 5.10 Å². The maximum atomic E-state index is 14.2. The normalized spacial score (nSPS) is 11.7. The molecule has 0 saturated heterocycles. The van der Waals surface area contributed by atoms with Crippen molar-refractivity contribution in [2.45, 2.75) is 4.90 Å². The van der Waals surface area contributed by atoms with E-state index in [2.05, 4.69) is 24.9 Å². The van der Waals surface area contributed by atoms with Crippen LogP contribution in [0.4, 0.5) is 14.5 Å². The van der Waals surface area contributed by atoms with Crippen LogP contribution in [0.1, 0.15) is 0 Å². The van der Waals surface area contributed by atoms with Gasteiger partial charge in [-0.2, -0.15) is 0 Å². The lowest BCUT2D eigenvalue weighted by atomic mass is 10.1. The van der Waals surface area contributed by atoms with Crippen molar-refractivity contribution in [2.24, 2.45) is 0 Å². The Kier molecular flexibility index (Phi) is 5.40. The predicted octanol–water partition coefficient (Wildman–Crippen LogP) is 3.44. The summed E-state index contributed by atoms with van der Waals surface area (Å²) in [7, 11) is -1.63. The fraction of sp³-hybridized carbons (Fsp3) is 0.0909. The molecular formula is C22H16F2N6O4S. The first kappa shape index (κ1) is 22.4. The standard InChI is InChI=1S/C22H16F2N6O4S/c1-33-21-17(29-35(31,32)19-6-4-14(23)9-15(19)24)7-13(10-26-21)12-3-5-16-18(8-12)30-20(11-25-16)27-28-22(30)34-2/h3-11,29H,1-2H3. The minimum absolute atomic E-state index is 0.0352. The summed E-state index contributed by atoms with van der Waals surface area (Å²) in [6, 6.07) is 9.28. The number of benzene rings is 2. The van der Waals surface area contributed by atoms with Gasteiger partial charge >= 0.3 is 6.01 Å². The van der Waals surface area contributed by atoms with Gasteiger partial charge in [-0.3, -0.25) is 9.71 Å². The summed E-state index contributed by atoms with van der Waals surface area (Å²) in [5.41, 5.74) is 2.92. The number of nitrogens with zero attached hydrogens (tertiary/aromatic N) is 5. The summed E-state index contributed by atoms with van der Waals surface area (Å²) < 4.78 is 67.5. The number of halogens is 2. The molecule has 3 heterocycles. The van der Waals surface area contributed by atoms with Gasteiger partial charge in [-0.05, 0) is 35.9 Å². The van der Waals surface area contributed by atoms with Crippen LogP contribution < -0.4 is 14.2 Å². The highest BCUT2D eigenvalue weighted by Gasteiger charge is 2.22. The molecule has 0 unspecified atom stereocenters. The number of fused-ring (bicyclic) bond motifs is 3. The number of methoxy groups -OCH3 is 2. The molecule has 0 spiro atoms. The van der Waals surface area contributed by atoms with Crippen molar-refractivity contribution in [1.82, 2.24) is 24.6 Å². The molecule has 5 rings (SSSR count). The molecule has 0 radical (unpaired) electrons. The molecule has 35 heavy (non-hydrogen) atoms. The van der Waals surface area contributed by atoms with E-state index < -0.39 is 26.6 Å². The van der Waals surface area contributed by atoms with Crippen LogP contribution in [0.15, 0.2) is 59.8 Å². The molecule has 0 aliphatic heterocycles. The lowest BCUT2D eigenvalue weighted by Gasteiger charge is -2.13. The van der Waals surface area contributed by atoms with Crippen molar-refractivity contribution in [2.75, 3.05) is 18.9 Å². The van der Waals surface area contributed by atoms with Crippen molar-refractivity contribution in [3.63, 3.8) is 0 Å². The second-order valence-corrected chi connectivity index (χ2v) is 8.95. The number of nitrogens with one attached hydrogen (secondary N) is 1. The predicted molar refractivity (Wildman–Crippen MR) is 122 cm³/mol. The second kappa shape index (κ2) is 8.43. The second-order valence-electron chi connectivity index (χ2n) is 7.30. The zero-order valence-corrected chi connectivity index (χ0v) is 19.0. The number of hydrogen-bond donors (Lipinski definition) is 1. The Morgan fingerprint density at radius 1 is 0.914 bits per heavy atom. The van der Waals surface area contributed by atoms with Gasteiger partial charge < -0.3 is 9.47 Å². The minimum Gasteiger partial charge on any atom is -0.480 e. The van der Waals surface area contributed by atoms with E-state index in [1.54, 1.807) is 28.8 Å². The average Bonchev–Trinajstić information content (AvgIpc) is 3.27. The van der Waals surface area contributed by atoms with E-state index in [0.717, 1.165) is 12.1 Å². The highest BCUT2D eigenvalue weighted by molar-refractivity contribution is 7.92. The Bertz CT molecular complexity index is 1710. The fourth-order valence-corrected chi connectivity index (χ4v) is 4.69. The van der Waals surface area contributed by atoms with Crippen LogP contribution in [-0.4, -0.2) is 47.2 Å². The summed E-state index contributed by atoms with van der Waals surface area (Å²) in [6.45, 7) is 0. The van der Waals surface area contributed by atoms with E-state index in [1.165, 1.54) is 26.5 Å². The Morgan fingerprint density at radius 3 is 2.49 bits per heavy atom. The van der Waals surface area contributed by atoms with E-state index in [9.17, 15) is 17.2 Å². The zero-order chi connectivity index (χ0) is 24.7. The van der Waals surface area contributed by atoms with Crippen LogP contribution in [0.5, 0.6) is 11.9 Å². The number of sulfonamides is 1. The summed E-state index contributed by atoms with van der Waals surface area (Å²) in [5, 5.41) is 8.00. The van der Waals surface area contributed by atoms with Gasteiger partial charge in [0.05, 0.1) is 31.4 Å². The number of anilines is 1. The van der Waals surface area contributed by atoms with Crippen LogP contribution in [0.3, 0.4) is 0 Å². The molecule has 0 fully saturated rings. The summed E-state index contributed by atoms with van der Waals surface area (Å²) in [6.07, 6.45) is 3.06. The maximum absolute atomic E-state index is 14.2. The molecule has 3 aromatic heterocycles. The Hall–Kier alpha value is -4.39. The summed E-state index contributed by atoms with van der Waals surface area (Å²) >= 11 is 0. The molecule has 0 bridgehead atoms. The van der Waals surface area contributed by atoms with Gasteiger partial charge in [-0.1, -0.05) is 11.2 Å². The Morgan fingerprint density at radius 2 is 1.74 bits per heavy atom. The third-order valence-electron chi connectivity index (χ3n) is 5.18. The highest BCUT2D eigenvalue weighted by atomic mass is 32.2.